The third kappa shape index (κ3) is 5.75. The molecule has 0 heterocycles. The molecule has 3 aromatic carbocycles. The Kier molecular flexibility index (Phi) is 7.66. The van der Waals surface area contributed by atoms with Crippen molar-refractivity contribution in [2.45, 2.75) is 31.3 Å². The van der Waals surface area contributed by atoms with Crippen LogP contribution in [-0.4, -0.2) is 32.3 Å². The number of carbonyl (C=O) groups excluding carboxylic acids is 1. The molecule has 0 fully saturated rings. The second-order valence-corrected chi connectivity index (χ2v) is 9.54. The minimum Gasteiger partial charge on any atom is -0.496 e. The van der Waals surface area contributed by atoms with E-state index in [0.29, 0.717) is 5.75 Å². The van der Waals surface area contributed by atoms with Gasteiger partial charge in [0.2, 0.25) is 15.9 Å². The van der Waals surface area contributed by atoms with Crippen molar-refractivity contribution >= 4 is 15.9 Å². The lowest BCUT2D eigenvalue weighted by atomic mass is 10.1. The van der Waals surface area contributed by atoms with E-state index in [4.69, 9.17) is 4.74 Å². The van der Waals surface area contributed by atoms with Crippen molar-refractivity contribution in [3.8, 4) is 5.75 Å². The van der Waals surface area contributed by atoms with E-state index in [1.54, 1.807) is 31.4 Å². The predicted molar refractivity (Wildman–Crippen MR) is 125 cm³/mol. The Hall–Kier alpha value is -3.16. The van der Waals surface area contributed by atoms with Crippen LogP contribution in [0.1, 0.15) is 29.7 Å². The largest absolute Gasteiger partial charge is 0.496 e. The average molecular weight is 453 g/mol. The Morgan fingerprint density at radius 1 is 0.969 bits per heavy atom. The molecular formula is C25H28N2O4S. The molecule has 0 aliphatic rings. The van der Waals surface area contributed by atoms with E-state index in [0.717, 1.165) is 16.7 Å². The van der Waals surface area contributed by atoms with Gasteiger partial charge >= 0.3 is 0 Å². The van der Waals surface area contributed by atoms with Crippen LogP contribution in [0.15, 0.2) is 83.8 Å². The normalized spacial score (nSPS) is 12.4. The van der Waals surface area contributed by atoms with Gasteiger partial charge in [-0.2, -0.15) is 4.31 Å². The maximum atomic E-state index is 13.4. The van der Waals surface area contributed by atoms with Crippen LogP contribution >= 0.6 is 0 Å². The first-order chi connectivity index (χ1) is 15.3. The second-order valence-electron chi connectivity index (χ2n) is 7.60. The van der Waals surface area contributed by atoms with Gasteiger partial charge in [-0.25, -0.2) is 8.42 Å². The highest BCUT2D eigenvalue weighted by Gasteiger charge is 2.27. The van der Waals surface area contributed by atoms with Crippen molar-refractivity contribution in [1.29, 1.82) is 0 Å². The van der Waals surface area contributed by atoms with E-state index in [9.17, 15) is 13.2 Å². The topological polar surface area (TPSA) is 75.7 Å². The van der Waals surface area contributed by atoms with Crippen LogP contribution in [0.4, 0.5) is 0 Å². The second kappa shape index (κ2) is 10.4. The first-order valence-corrected chi connectivity index (χ1v) is 11.8. The van der Waals surface area contributed by atoms with Crippen LogP contribution < -0.4 is 10.1 Å². The molecule has 0 aromatic heterocycles. The number of aryl methyl sites for hydroxylation is 1. The van der Waals surface area contributed by atoms with Gasteiger partial charge in [0, 0.05) is 12.1 Å². The van der Waals surface area contributed by atoms with Crippen LogP contribution in [0.25, 0.3) is 0 Å². The lowest BCUT2D eigenvalue weighted by Gasteiger charge is -2.24. The van der Waals surface area contributed by atoms with Crippen LogP contribution in [0.2, 0.25) is 0 Å². The van der Waals surface area contributed by atoms with E-state index in [2.05, 4.69) is 5.32 Å². The third-order valence-corrected chi connectivity index (χ3v) is 6.97. The van der Waals surface area contributed by atoms with Gasteiger partial charge in [-0.05, 0) is 37.6 Å². The molecule has 3 aromatic rings. The lowest BCUT2D eigenvalue weighted by molar-refractivity contribution is -0.122. The molecule has 3 rings (SSSR count). The zero-order chi connectivity index (χ0) is 23.1. The summed E-state index contributed by atoms with van der Waals surface area (Å²) in [5, 5.41) is 2.89. The van der Waals surface area contributed by atoms with Crippen LogP contribution in [0, 0.1) is 6.92 Å². The van der Waals surface area contributed by atoms with E-state index in [1.807, 2.05) is 68.4 Å². The fourth-order valence-corrected chi connectivity index (χ4v) is 4.81. The Bertz CT molecular complexity index is 1150. The quantitative estimate of drug-likeness (QED) is 0.531. The molecular weight excluding hydrogens is 424 g/mol. The van der Waals surface area contributed by atoms with Gasteiger partial charge in [-0.15, -0.1) is 0 Å². The summed E-state index contributed by atoms with van der Waals surface area (Å²) in [5.74, 6) is 0.267. The average Bonchev–Trinajstić information content (AvgIpc) is 2.79. The number of benzene rings is 3. The molecule has 7 heteroatoms. The van der Waals surface area contributed by atoms with Crippen molar-refractivity contribution in [3.05, 3.63) is 95.6 Å². The Balaban J connectivity index is 1.83. The fraction of sp³-hybridized carbons (Fsp3) is 0.240. The van der Waals surface area contributed by atoms with Crippen molar-refractivity contribution < 1.29 is 17.9 Å². The number of rotatable bonds is 9. The molecule has 0 saturated carbocycles. The van der Waals surface area contributed by atoms with Gasteiger partial charge in [0.1, 0.15) is 5.75 Å². The number of methoxy groups -OCH3 is 1. The lowest BCUT2D eigenvalue weighted by Crippen LogP contribution is -2.41. The maximum absolute atomic E-state index is 13.4. The first kappa shape index (κ1) is 23.5. The number of nitrogens with one attached hydrogen (secondary N) is 1. The molecule has 168 valence electrons. The number of amides is 1. The zero-order valence-electron chi connectivity index (χ0n) is 18.5. The smallest absolute Gasteiger partial charge is 0.243 e. The molecule has 0 bridgehead atoms. The summed E-state index contributed by atoms with van der Waals surface area (Å²) < 4.78 is 33.3. The zero-order valence-corrected chi connectivity index (χ0v) is 19.3. The number of para-hydroxylation sites is 1. The Morgan fingerprint density at radius 3 is 2.25 bits per heavy atom. The van der Waals surface area contributed by atoms with Gasteiger partial charge < -0.3 is 10.1 Å². The molecule has 32 heavy (non-hydrogen) atoms. The van der Waals surface area contributed by atoms with Crippen LogP contribution in [0.5, 0.6) is 5.75 Å². The Morgan fingerprint density at radius 2 is 1.59 bits per heavy atom. The highest BCUT2D eigenvalue weighted by atomic mass is 32.2. The number of carbonyl (C=O) groups is 1. The van der Waals surface area contributed by atoms with Crippen molar-refractivity contribution in [2.75, 3.05) is 13.7 Å². The van der Waals surface area contributed by atoms with Gasteiger partial charge in [-0.1, -0.05) is 66.2 Å². The molecule has 1 N–H and O–H groups in total. The molecule has 0 radical (unpaired) electrons. The number of sulfonamides is 1. The number of nitrogens with zero attached hydrogens (tertiary/aromatic N) is 1. The SMILES string of the molecule is COc1ccccc1C(C)NC(=O)CN(Cc1ccccc1)S(=O)(=O)c1ccc(C)cc1. The fourth-order valence-electron chi connectivity index (χ4n) is 3.42. The minimum atomic E-state index is -3.88. The summed E-state index contributed by atoms with van der Waals surface area (Å²) in [4.78, 5) is 13.1. The summed E-state index contributed by atoms with van der Waals surface area (Å²) in [5.41, 5.74) is 2.58. The molecule has 0 aliphatic heterocycles. The predicted octanol–water partition coefficient (Wildman–Crippen LogP) is 4.07. The number of ether oxygens (including phenoxy) is 1. The molecule has 1 amide bonds. The van der Waals surface area contributed by atoms with Crippen LogP contribution in [0.3, 0.4) is 0 Å². The molecule has 0 saturated heterocycles. The van der Waals surface area contributed by atoms with Gasteiger partial charge in [0.05, 0.1) is 24.6 Å². The maximum Gasteiger partial charge on any atom is 0.243 e. The van der Waals surface area contributed by atoms with Gasteiger partial charge in [-0.3, -0.25) is 4.79 Å². The van der Waals surface area contributed by atoms with E-state index < -0.39 is 15.9 Å². The highest BCUT2D eigenvalue weighted by Crippen LogP contribution is 2.24. The van der Waals surface area contributed by atoms with Gasteiger partial charge in [0.15, 0.2) is 0 Å². The molecule has 0 spiro atoms. The van der Waals surface area contributed by atoms with E-state index >= 15 is 0 Å². The van der Waals surface area contributed by atoms with Crippen molar-refractivity contribution in [1.82, 2.24) is 9.62 Å². The molecule has 0 aliphatic carbocycles. The molecule has 1 unspecified atom stereocenters. The number of hydrogen-bond donors (Lipinski definition) is 1. The van der Waals surface area contributed by atoms with Crippen LogP contribution in [-0.2, 0) is 21.4 Å². The summed E-state index contributed by atoms with van der Waals surface area (Å²) in [7, 11) is -2.30. The first-order valence-electron chi connectivity index (χ1n) is 10.3. The van der Waals surface area contributed by atoms with E-state index in [-0.39, 0.29) is 24.0 Å². The van der Waals surface area contributed by atoms with E-state index in [1.165, 1.54) is 4.31 Å². The summed E-state index contributed by atoms with van der Waals surface area (Å²) in [6.45, 7) is 3.52. The summed E-state index contributed by atoms with van der Waals surface area (Å²) >= 11 is 0. The third-order valence-electron chi connectivity index (χ3n) is 5.16. The summed E-state index contributed by atoms with van der Waals surface area (Å²) in [6.07, 6.45) is 0. The molecule has 1 atom stereocenters. The standard InChI is InChI=1S/C25H28N2O4S/c1-19-13-15-22(16-14-19)32(29,30)27(17-21-9-5-4-6-10-21)18-25(28)26-20(2)23-11-7-8-12-24(23)31-3/h4-16,20H,17-18H2,1-3H3,(H,26,28). The summed E-state index contributed by atoms with van der Waals surface area (Å²) in [6, 6.07) is 22.9. The highest BCUT2D eigenvalue weighted by molar-refractivity contribution is 7.89. The minimum absolute atomic E-state index is 0.0908. The number of hydrogen-bond acceptors (Lipinski definition) is 4. The van der Waals surface area contributed by atoms with Crippen molar-refractivity contribution in [3.63, 3.8) is 0 Å². The monoisotopic (exact) mass is 452 g/mol. The molecule has 6 nitrogen and oxygen atoms in total. The van der Waals surface area contributed by atoms with Gasteiger partial charge in [0.25, 0.3) is 0 Å². The Labute approximate surface area is 189 Å². The van der Waals surface area contributed by atoms with Crippen molar-refractivity contribution in [2.24, 2.45) is 0 Å².